The zero-order valence-electron chi connectivity index (χ0n) is 9.43. The lowest BCUT2D eigenvalue weighted by Crippen LogP contribution is -2.35. The number of H-pyrrole nitrogens is 1. The zero-order valence-corrected chi connectivity index (χ0v) is 12.5. The molecule has 1 heterocycles. The molecule has 1 aromatic carbocycles. The Labute approximate surface area is 127 Å². The zero-order chi connectivity index (χ0) is 14.3. The molecule has 0 radical (unpaired) electrons. The molecule has 0 amide bonds. The Bertz CT molecular complexity index is 779. The van der Waals surface area contributed by atoms with E-state index in [1.165, 1.54) is 19.1 Å². The van der Waals surface area contributed by atoms with Crippen molar-refractivity contribution in [3.8, 4) is 5.69 Å². The monoisotopic (exact) mass is 338 g/mol. The molecular formula is C11H6Cl4N2O2. The van der Waals surface area contributed by atoms with Gasteiger partial charge in [-0.1, -0.05) is 46.4 Å². The van der Waals surface area contributed by atoms with Crippen LogP contribution < -0.4 is 11.2 Å². The van der Waals surface area contributed by atoms with Gasteiger partial charge in [-0.15, -0.1) is 0 Å². The third-order valence-electron chi connectivity index (χ3n) is 2.50. The van der Waals surface area contributed by atoms with E-state index in [2.05, 4.69) is 4.98 Å². The van der Waals surface area contributed by atoms with E-state index in [0.29, 0.717) is 0 Å². The normalized spacial score (nSPS) is 10.8. The van der Waals surface area contributed by atoms with Crippen LogP contribution in [0.4, 0.5) is 0 Å². The molecule has 19 heavy (non-hydrogen) atoms. The van der Waals surface area contributed by atoms with Crippen molar-refractivity contribution in [3.05, 3.63) is 58.8 Å². The molecule has 4 nitrogen and oxygen atoms in total. The molecule has 1 aromatic heterocycles. The fourth-order valence-electron chi connectivity index (χ4n) is 1.50. The minimum Gasteiger partial charge on any atom is -0.297 e. The second kappa shape index (κ2) is 5.21. The minimum absolute atomic E-state index is 0.0116. The SMILES string of the molecule is Cc1c(Cl)[nH]c(=O)n(-c2cc(Cl)c(Cl)cc2Cl)c1=O. The van der Waals surface area contributed by atoms with Gasteiger partial charge in [-0.05, 0) is 19.1 Å². The summed E-state index contributed by atoms with van der Waals surface area (Å²) < 4.78 is 0.853. The maximum atomic E-state index is 12.1. The summed E-state index contributed by atoms with van der Waals surface area (Å²) in [5.74, 6) is 0. The van der Waals surface area contributed by atoms with E-state index in [0.717, 1.165) is 4.57 Å². The summed E-state index contributed by atoms with van der Waals surface area (Å²) in [5.41, 5.74) is -0.944. The van der Waals surface area contributed by atoms with Crippen LogP contribution in [0, 0.1) is 6.92 Å². The number of hydrogen-bond acceptors (Lipinski definition) is 2. The molecule has 0 fully saturated rings. The average molecular weight is 340 g/mol. The molecular weight excluding hydrogens is 334 g/mol. The van der Waals surface area contributed by atoms with E-state index in [4.69, 9.17) is 46.4 Å². The fourth-order valence-corrected chi connectivity index (χ4v) is 2.29. The number of aromatic nitrogens is 2. The van der Waals surface area contributed by atoms with E-state index in [-0.39, 0.29) is 31.5 Å². The molecule has 0 saturated heterocycles. The number of hydrogen-bond donors (Lipinski definition) is 1. The van der Waals surface area contributed by atoms with Crippen molar-refractivity contribution in [2.75, 3.05) is 0 Å². The van der Waals surface area contributed by atoms with Gasteiger partial charge in [0.05, 0.1) is 26.3 Å². The average Bonchev–Trinajstić information content (AvgIpc) is 2.33. The first kappa shape index (κ1) is 14.5. The van der Waals surface area contributed by atoms with Crippen LogP contribution in [0.1, 0.15) is 5.56 Å². The van der Waals surface area contributed by atoms with E-state index < -0.39 is 11.2 Å². The number of halogens is 4. The minimum atomic E-state index is -0.708. The molecule has 8 heteroatoms. The Morgan fingerprint density at radius 2 is 1.58 bits per heavy atom. The Morgan fingerprint density at radius 1 is 1.00 bits per heavy atom. The third kappa shape index (κ3) is 2.54. The second-order valence-corrected chi connectivity index (χ2v) is 5.33. The van der Waals surface area contributed by atoms with Crippen molar-refractivity contribution in [1.29, 1.82) is 0 Å². The maximum Gasteiger partial charge on any atom is 0.334 e. The van der Waals surface area contributed by atoms with Crippen molar-refractivity contribution in [3.63, 3.8) is 0 Å². The summed E-state index contributed by atoms with van der Waals surface area (Å²) >= 11 is 23.4. The van der Waals surface area contributed by atoms with Gasteiger partial charge < -0.3 is 0 Å². The predicted molar refractivity (Wildman–Crippen MR) is 77.4 cm³/mol. The Morgan fingerprint density at radius 3 is 2.21 bits per heavy atom. The highest BCUT2D eigenvalue weighted by Crippen LogP contribution is 2.30. The number of benzene rings is 1. The molecule has 0 atom stereocenters. The lowest BCUT2D eigenvalue weighted by atomic mass is 10.3. The molecule has 0 bridgehead atoms. The van der Waals surface area contributed by atoms with Gasteiger partial charge >= 0.3 is 5.69 Å². The third-order valence-corrected chi connectivity index (χ3v) is 3.91. The van der Waals surface area contributed by atoms with Crippen molar-refractivity contribution >= 4 is 46.4 Å². The Hall–Kier alpha value is -0.940. The second-order valence-electron chi connectivity index (χ2n) is 3.73. The first-order valence-corrected chi connectivity index (χ1v) is 6.50. The van der Waals surface area contributed by atoms with Gasteiger partial charge in [0, 0.05) is 0 Å². The van der Waals surface area contributed by atoms with Crippen LogP contribution in [0.2, 0.25) is 20.2 Å². The number of aromatic amines is 1. The number of nitrogens with zero attached hydrogens (tertiary/aromatic N) is 1. The van der Waals surface area contributed by atoms with Crippen molar-refractivity contribution < 1.29 is 0 Å². The molecule has 0 aliphatic rings. The highest BCUT2D eigenvalue weighted by molar-refractivity contribution is 6.43. The largest absolute Gasteiger partial charge is 0.334 e. The number of nitrogens with one attached hydrogen (secondary N) is 1. The van der Waals surface area contributed by atoms with E-state index in [1.54, 1.807) is 0 Å². The lowest BCUT2D eigenvalue weighted by Gasteiger charge is -2.09. The van der Waals surface area contributed by atoms with Crippen molar-refractivity contribution in [2.45, 2.75) is 6.92 Å². The lowest BCUT2D eigenvalue weighted by molar-refractivity contribution is 0.860. The molecule has 0 aliphatic carbocycles. The van der Waals surface area contributed by atoms with Crippen LogP contribution in [0.3, 0.4) is 0 Å². The number of rotatable bonds is 1. The van der Waals surface area contributed by atoms with Gasteiger partial charge in [-0.3, -0.25) is 9.78 Å². The first-order chi connectivity index (χ1) is 8.82. The van der Waals surface area contributed by atoms with Gasteiger partial charge in [0.1, 0.15) is 5.15 Å². The molecule has 2 aromatic rings. The molecule has 2 rings (SSSR count). The van der Waals surface area contributed by atoms with Crippen LogP contribution in [0.25, 0.3) is 5.69 Å². The van der Waals surface area contributed by atoms with Gasteiger partial charge in [0.25, 0.3) is 5.56 Å². The first-order valence-electron chi connectivity index (χ1n) is 4.99. The fraction of sp³-hybridized carbons (Fsp3) is 0.0909. The van der Waals surface area contributed by atoms with Gasteiger partial charge in [-0.25, -0.2) is 9.36 Å². The highest BCUT2D eigenvalue weighted by Gasteiger charge is 2.15. The van der Waals surface area contributed by atoms with Crippen molar-refractivity contribution in [1.82, 2.24) is 9.55 Å². The van der Waals surface area contributed by atoms with E-state index in [9.17, 15) is 9.59 Å². The van der Waals surface area contributed by atoms with E-state index in [1.807, 2.05) is 0 Å². The van der Waals surface area contributed by atoms with Crippen LogP contribution in [-0.2, 0) is 0 Å². The summed E-state index contributed by atoms with van der Waals surface area (Å²) in [6.45, 7) is 1.49. The Balaban J connectivity index is 2.88. The van der Waals surface area contributed by atoms with Crippen LogP contribution in [0.15, 0.2) is 21.7 Å². The van der Waals surface area contributed by atoms with Crippen molar-refractivity contribution in [2.24, 2.45) is 0 Å². The van der Waals surface area contributed by atoms with Crippen LogP contribution in [0.5, 0.6) is 0 Å². The highest BCUT2D eigenvalue weighted by atomic mass is 35.5. The molecule has 100 valence electrons. The molecule has 0 spiro atoms. The molecule has 0 unspecified atom stereocenters. The van der Waals surface area contributed by atoms with Crippen LogP contribution in [-0.4, -0.2) is 9.55 Å². The predicted octanol–water partition coefficient (Wildman–Crippen LogP) is 3.45. The van der Waals surface area contributed by atoms with Gasteiger partial charge in [-0.2, -0.15) is 0 Å². The summed E-state index contributed by atoms with van der Waals surface area (Å²) in [6.07, 6.45) is 0. The smallest absolute Gasteiger partial charge is 0.297 e. The summed E-state index contributed by atoms with van der Waals surface area (Å²) in [7, 11) is 0. The molecule has 1 N–H and O–H groups in total. The Kier molecular flexibility index (Phi) is 3.97. The van der Waals surface area contributed by atoms with Gasteiger partial charge in [0.2, 0.25) is 0 Å². The standard InChI is InChI=1S/C11H6Cl4N2O2/c1-4-9(15)16-11(19)17(10(4)18)8-3-6(13)5(12)2-7(8)14/h2-3H,1H3,(H,16,19). The maximum absolute atomic E-state index is 12.1. The topological polar surface area (TPSA) is 54.9 Å². The van der Waals surface area contributed by atoms with E-state index >= 15 is 0 Å². The summed E-state index contributed by atoms with van der Waals surface area (Å²) in [5, 5.41) is 0.525. The summed E-state index contributed by atoms with van der Waals surface area (Å²) in [4.78, 5) is 26.3. The van der Waals surface area contributed by atoms with Crippen LogP contribution >= 0.6 is 46.4 Å². The molecule has 0 aliphatic heterocycles. The summed E-state index contributed by atoms with van der Waals surface area (Å²) in [6, 6.07) is 2.70. The molecule has 0 saturated carbocycles. The van der Waals surface area contributed by atoms with Gasteiger partial charge in [0.15, 0.2) is 0 Å². The quantitative estimate of drug-likeness (QED) is 0.639.